The first-order valence-electron chi connectivity index (χ1n) is 36.7. The highest BCUT2D eigenvalue weighted by Crippen LogP contribution is 2.67. The first-order valence-corrected chi connectivity index (χ1v) is 47.1. The zero-order valence-electron chi connectivity index (χ0n) is 65.6. The van der Waals surface area contributed by atoms with Gasteiger partial charge in [0.1, 0.15) is 66.8 Å². The van der Waals surface area contributed by atoms with E-state index in [1.54, 1.807) is 78.9 Å². The number of phenols is 7. The minimum absolute atomic E-state index is 0.0148. The van der Waals surface area contributed by atoms with Gasteiger partial charge >= 0.3 is 36.0 Å². The lowest BCUT2D eigenvalue weighted by Crippen LogP contribution is -2.34. The van der Waals surface area contributed by atoms with Crippen molar-refractivity contribution in [3.05, 3.63) is 268 Å². The van der Waals surface area contributed by atoms with Gasteiger partial charge in [0.25, 0.3) is 15.6 Å². The summed E-state index contributed by atoms with van der Waals surface area (Å²) in [5, 5.41) is 89.6. The number of hydrogen-bond donors (Lipinski definition) is 10. The molecule has 0 fully saturated rings. The van der Waals surface area contributed by atoms with Crippen LogP contribution in [0.3, 0.4) is 0 Å². The van der Waals surface area contributed by atoms with E-state index in [2.05, 4.69) is 0 Å². The lowest BCUT2D eigenvalue weighted by Gasteiger charge is -2.38. The third-order valence-corrected chi connectivity index (χ3v) is 28.0. The Morgan fingerprint density at radius 2 is 0.917 bits per heavy atom. The maximum atomic E-state index is 13.5. The van der Waals surface area contributed by atoms with E-state index in [9.17, 15) is 100 Å². The van der Waals surface area contributed by atoms with Crippen molar-refractivity contribution in [2.45, 2.75) is 55.9 Å². The van der Waals surface area contributed by atoms with Gasteiger partial charge in [-0.3, -0.25) is 23.7 Å². The number of carboxylic acids is 2. The van der Waals surface area contributed by atoms with Gasteiger partial charge in [-0.15, -0.1) is 0 Å². The molecule has 17 rings (SSSR count). The number of hydrogen-bond acceptors (Lipinski definition) is 22. The molecule has 0 bridgehead atoms. The van der Waals surface area contributed by atoms with Gasteiger partial charge in [0.05, 0.1) is 101 Å². The Labute approximate surface area is 819 Å². The number of rotatable bonds is 11. The van der Waals surface area contributed by atoms with E-state index in [-0.39, 0.29) is 182 Å². The number of ketones is 1. The number of esters is 3. The highest BCUT2D eigenvalue weighted by atomic mass is 35.5. The summed E-state index contributed by atoms with van der Waals surface area (Å²) >= 11 is 95.4. The molecule has 0 aromatic heterocycles. The lowest BCUT2D eigenvalue weighted by atomic mass is 9.76. The SMILES string of the molecule is COCCCc1cc(C(=O)c2c(Cl)c(Cl)c(Cl)c(Cl)c2C(=O)O)c(O)c(Cl)c1O.CS(=O)(=O)O.O=C(O)CCc1cc2c(c(Cl)c1O)Oc1c(ccc3cc(O)ccc13)C21OC(=O)c2c(Cl)c(Cl)c(Cl)c(Cl)c21.O=C(P(F)P)C(F)(F)F.O=C1CCc2cc3c(c(Cl)c2O1)Oc1c(ccc2cc(O)ccc12)C31OC(=O)c2c(Cl)c(Cl)c(Cl)c(Cl)c21.Oc1ccc2c(O)cccc2c1. The van der Waals surface area contributed by atoms with Crippen LogP contribution in [-0.4, -0.2) is 126 Å². The second-order valence-corrected chi connectivity index (χ2v) is 37.9. The van der Waals surface area contributed by atoms with Crippen molar-refractivity contribution < 1.29 is 138 Å². The molecule has 4 unspecified atom stereocenters. The molecule has 25 nitrogen and oxygen atoms in total. The fourth-order valence-corrected chi connectivity index (χ4v) is 19.2. The number of carboxylic acid groups (broad SMARTS) is 2. The fourth-order valence-electron chi connectivity index (χ4n) is 14.6. The molecule has 132 heavy (non-hydrogen) atoms. The molecule has 0 amide bonds. The van der Waals surface area contributed by atoms with E-state index in [4.69, 9.17) is 212 Å². The maximum absolute atomic E-state index is 13.5. The van der Waals surface area contributed by atoms with Crippen molar-refractivity contribution in [1.82, 2.24) is 0 Å². The lowest BCUT2D eigenvalue weighted by molar-refractivity contribution is -0.161. The van der Waals surface area contributed by atoms with Gasteiger partial charge in [0.15, 0.2) is 42.2 Å². The van der Waals surface area contributed by atoms with Crippen LogP contribution >= 0.6 is 191 Å². The number of ether oxygens (including phenoxy) is 6. The van der Waals surface area contributed by atoms with Crippen LogP contribution in [0.5, 0.6) is 69.0 Å². The van der Waals surface area contributed by atoms with E-state index >= 15 is 0 Å². The summed E-state index contributed by atoms with van der Waals surface area (Å²) in [6, 6.07) is 30.5. The molecule has 47 heteroatoms. The fraction of sp³-hybridized carbons (Fsp3) is 0.141. The Bertz CT molecular complexity index is 7110. The summed E-state index contributed by atoms with van der Waals surface area (Å²) in [6.07, 6.45) is -3.48. The van der Waals surface area contributed by atoms with Crippen LogP contribution in [0.15, 0.2) is 115 Å². The van der Waals surface area contributed by atoms with Crippen LogP contribution in [0, 0.1) is 0 Å². The summed E-state index contributed by atoms with van der Waals surface area (Å²) in [4.78, 5) is 84.8. The number of carbonyl (C=O) groups is 7. The Kier molecular flexibility index (Phi) is 30.8. The Balaban J connectivity index is 0.000000158. The van der Waals surface area contributed by atoms with Crippen molar-refractivity contribution in [3.63, 3.8) is 0 Å². The molecule has 0 radical (unpaired) electrons. The summed E-state index contributed by atoms with van der Waals surface area (Å²) in [5.74, 6) is -6.05. The normalized spacial score (nSPS) is 15.3. The van der Waals surface area contributed by atoms with Gasteiger partial charge in [-0.25, -0.2) is 18.6 Å². The van der Waals surface area contributed by atoms with E-state index in [1.165, 1.54) is 46.4 Å². The monoisotopic (exact) mass is 2170 g/mol. The number of phenolic OH excluding ortho intramolecular Hbond substituents is 7. The molecule has 4 atom stereocenters. The number of methoxy groups -OCH3 is 1. The van der Waals surface area contributed by atoms with Crippen molar-refractivity contribution in [1.29, 1.82) is 0 Å². The quantitative estimate of drug-likeness (QED) is 0.00662. The molecule has 2 spiro atoms. The summed E-state index contributed by atoms with van der Waals surface area (Å²) in [7, 11) is -4.07. The van der Waals surface area contributed by atoms with Gasteiger partial charge in [-0.1, -0.05) is 207 Å². The molecule has 5 heterocycles. The maximum Gasteiger partial charge on any atom is 0.457 e. The van der Waals surface area contributed by atoms with Crippen LogP contribution in [-0.2, 0) is 69.2 Å². The van der Waals surface area contributed by atoms with E-state index in [0.717, 1.165) is 10.8 Å². The highest BCUT2D eigenvalue weighted by molar-refractivity contribution is 8.19. The van der Waals surface area contributed by atoms with Crippen LogP contribution in [0.25, 0.3) is 32.3 Å². The molecule has 12 aromatic rings. The number of aromatic hydroxyl groups is 7. The predicted molar refractivity (Wildman–Crippen MR) is 495 cm³/mol. The number of aromatic carboxylic acids is 1. The number of alkyl halides is 3. The van der Waals surface area contributed by atoms with Crippen LogP contribution in [0.2, 0.25) is 75.3 Å². The van der Waals surface area contributed by atoms with E-state index < -0.39 is 120 Å². The molecule has 0 saturated heterocycles. The summed E-state index contributed by atoms with van der Waals surface area (Å²) in [5.41, 5.74) is -5.02. The zero-order chi connectivity index (χ0) is 97.4. The van der Waals surface area contributed by atoms with Crippen LogP contribution in [0.1, 0.15) is 116 Å². The number of fused-ring (bicyclic) bond motifs is 18. The molecule has 10 N–H and O–H groups in total. The molecule has 690 valence electrons. The average Bonchev–Trinajstić information content (AvgIpc) is 1.48. The minimum atomic E-state index is -5.03. The second-order valence-electron chi connectivity index (χ2n) is 28.4. The summed E-state index contributed by atoms with van der Waals surface area (Å²) in [6.45, 7) is 0.374. The Morgan fingerprint density at radius 3 is 1.37 bits per heavy atom. The molecular formula is C85H51Cl15F4O25P2S. The van der Waals surface area contributed by atoms with Gasteiger partial charge in [0, 0.05) is 69.7 Å². The van der Waals surface area contributed by atoms with Gasteiger partial charge in [0.2, 0.25) is 0 Å². The average molecular weight is 2170 g/mol. The molecular weight excluding hydrogens is 2120 g/mol. The smallest absolute Gasteiger partial charge is 0.457 e. The van der Waals surface area contributed by atoms with Crippen molar-refractivity contribution >= 4 is 274 Å². The Morgan fingerprint density at radius 1 is 0.485 bits per heavy atom. The molecule has 0 saturated carbocycles. The number of benzene rings is 12. The predicted octanol–water partition coefficient (Wildman–Crippen LogP) is 26.2. The van der Waals surface area contributed by atoms with Crippen molar-refractivity contribution in [2.75, 3.05) is 20.0 Å². The van der Waals surface area contributed by atoms with Crippen molar-refractivity contribution in [3.8, 4) is 69.0 Å². The highest BCUT2D eigenvalue weighted by Gasteiger charge is 2.60. The third-order valence-electron chi connectivity index (χ3n) is 20.2. The van der Waals surface area contributed by atoms with Gasteiger partial charge in [-0.05, 0) is 150 Å². The first-order chi connectivity index (χ1) is 61.8. The largest absolute Gasteiger partial charge is 0.508 e. The summed E-state index contributed by atoms with van der Waals surface area (Å²) < 4.78 is 106. The zero-order valence-corrected chi connectivity index (χ0v) is 79.8. The standard InChI is InChI=1S/C27H13Cl5O7.C27H11Cl5O6.C18H13Cl5O6.C10H8O2.C2H2F4OP2.CH4O3S/c28-18-16-17(19(29)21(31)20(18)30)27(39-26(16)37)13-5-1-9-7-11(33)3-4-12(9)24(13)38-25-14(27)8-10(2-6-15(34)35)23(36)22(25)32;28-18-16-17(19(29)21(31)20(18)30)27(38-26(16)35)13-5-1-9-7-11(33)3-4-12(9)24(13)37-25-14(27)8-10-2-6-15(34)36-23(10)22(25)32;1-29-4-2-3-6-5-7(17(26)14(23)15(6)24)16(25)8-9(18(27)28)11(20)13(22)12(21)10(8)19;11-8-4-5-9-7(6-8)2-1-3-10(9)12;3-2(4,5)1(7)9(6)8;1-5(2,3)4/h1,3-5,7-8,33,36H,2,6H2,(H,34,35);1,3-5,7-8,33H,2,6H2;5,24,26H,2-4H2,1H3,(H,27,28);1-6,11-12H;8H2;1H3,(H,2,3,4). The number of halogens is 19. The van der Waals surface area contributed by atoms with E-state index in [0.29, 0.717) is 69.5 Å². The first kappa shape index (κ1) is 102. The molecule has 12 aromatic carbocycles. The number of aliphatic carboxylic acids is 1. The van der Waals surface area contributed by atoms with Gasteiger partial charge < -0.3 is 74.4 Å². The number of aryl methyl sites for hydroxylation is 3. The minimum Gasteiger partial charge on any atom is -0.508 e. The van der Waals surface area contributed by atoms with Crippen molar-refractivity contribution in [2.24, 2.45) is 0 Å². The molecule has 5 aliphatic rings. The Hall–Kier alpha value is -8.89. The second kappa shape index (κ2) is 39.8. The van der Waals surface area contributed by atoms with Gasteiger partial charge in [-0.2, -0.15) is 21.6 Å². The third kappa shape index (κ3) is 19.3. The van der Waals surface area contributed by atoms with Crippen LogP contribution < -0.4 is 14.2 Å². The van der Waals surface area contributed by atoms with E-state index in [1.807, 2.05) is 6.07 Å². The molecule has 5 aliphatic heterocycles. The number of carbonyl (C=O) groups excluding carboxylic acids is 5. The van der Waals surface area contributed by atoms with Crippen LogP contribution in [0.4, 0.5) is 17.4 Å². The topological polar surface area (TPSA) is 411 Å². The molecule has 0 aliphatic carbocycles.